The topological polar surface area (TPSA) is 81.1 Å². The van der Waals surface area contributed by atoms with Crippen molar-refractivity contribution in [2.24, 2.45) is 5.41 Å². The van der Waals surface area contributed by atoms with E-state index in [4.69, 9.17) is 19.2 Å². The van der Waals surface area contributed by atoms with Gasteiger partial charge in [-0.1, -0.05) is 38.1 Å². The van der Waals surface area contributed by atoms with Crippen LogP contribution in [-0.2, 0) is 14.3 Å². The smallest absolute Gasteiger partial charge is 0.337 e. The van der Waals surface area contributed by atoms with E-state index < -0.39 is 17.7 Å². The van der Waals surface area contributed by atoms with E-state index in [-0.39, 0.29) is 23.3 Å². The zero-order chi connectivity index (χ0) is 31.8. The third kappa shape index (κ3) is 7.08. The van der Waals surface area contributed by atoms with Crippen molar-refractivity contribution in [3.63, 3.8) is 0 Å². The summed E-state index contributed by atoms with van der Waals surface area (Å²) in [6.45, 7) is 16.6. The summed E-state index contributed by atoms with van der Waals surface area (Å²) in [6.07, 6.45) is 0.629. The number of hydrogen-bond acceptors (Lipinski definition) is 6. The number of carboxylic acids is 1. The summed E-state index contributed by atoms with van der Waals surface area (Å²) in [5.41, 5.74) is 5.37. The van der Waals surface area contributed by atoms with Crippen LogP contribution in [0.2, 0.25) is 0 Å². The number of rotatable bonds is 8. The molecule has 8 heteroatoms. The first-order valence-electron chi connectivity index (χ1n) is 15.5. The number of carboxylic acid groups (broad SMARTS) is 1. The van der Waals surface area contributed by atoms with Crippen molar-refractivity contribution in [3.05, 3.63) is 76.9 Å². The van der Waals surface area contributed by atoms with Crippen molar-refractivity contribution in [2.75, 3.05) is 31.2 Å². The molecule has 0 amide bonds. The first-order valence-corrected chi connectivity index (χ1v) is 15.5. The van der Waals surface area contributed by atoms with Crippen LogP contribution in [0, 0.1) is 25.1 Å². The van der Waals surface area contributed by atoms with Crippen LogP contribution in [0.25, 0.3) is 11.1 Å². The van der Waals surface area contributed by atoms with Gasteiger partial charge in [0.1, 0.15) is 17.7 Å². The van der Waals surface area contributed by atoms with Gasteiger partial charge in [-0.05, 0) is 88.3 Å². The molecule has 3 aromatic rings. The average molecular weight is 605 g/mol. The van der Waals surface area contributed by atoms with E-state index in [1.54, 1.807) is 12.1 Å². The lowest BCUT2D eigenvalue weighted by atomic mass is 9.82. The molecule has 0 spiro atoms. The fourth-order valence-corrected chi connectivity index (χ4v) is 6.30. The first kappa shape index (κ1) is 31.9. The summed E-state index contributed by atoms with van der Waals surface area (Å²) < 4.78 is 31.8. The van der Waals surface area contributed by atoms with E-state index in [0.29, 0.717) is 30.2 Å². The Labute approximate surface area is 260 Å². The number of ether oxygens (including phenoxy) is 3. The fraction of sp³-hybridized carbons (Fsp3) is 0.500. The number of benzene rings is 2. The van der Waals surface area contributed by atoms with Crippen LogP contribution < -0.4 is 9.64 Å². The second kappa shape index (κ2) is 12.5. The van der Waals surface area contributed by atoms with Gasteiger partial charge in [0.15, 0.2) is 6.10 Å². The van der Waals surface area contributed by atoms with Gasteiger partial charge in [-0.15, -0.1) is 0 Å². The molecule has 3 heterocycles. The van der Waals surface area contributed by atoms with Gasteiger partial charge in [0, 0.05) is 41.5 Å². The second-order valence-corrected chi connectivity index (χ2v) is 13.9. The lowest BCUT2D eigenvalue weighted by molar-refractivity contribution is -0.160. The van der Waals surface area contributed by atoms with Crippen LogP contribution in [0.15, 0.2) is 48.5 Å². The number of carbonyl (C=O) groups is 1. The van der Waals surface area contributed by atoms with Gasteiger partial charge < -0.3 is 24.2 Å². The first-order chi connectivity index (χ1) is 20.7. The minimum atomic E-state index is -1.17. The van der Waals surface area contributed by atoms with Gasteiger partial charge in [-0.2, -0.15) is 0 Å². The second-order valence-electron chi connectivity index (χ2n) is 13.9. The third-order valence-electron chi connectivity index (χ3n) is 8.73. The summed E-state index contributed by atoms with van der Waals surface area (Å²) >= 11 is 0. The van der Waals surface area contributed by atoms with Crippen LogP contribution >= 0.6 is 0 Å². The number of halogens is 1. The predicted molar refractivity (Wildman–Crippen MR) is 170 cm³/mol. The van der Waals surface area contributed by atoms with Crippen LogP contribution in [0.4, 0.5) is 10.1 Å². The predicted octanol–water partition coefficient (Wildman–Crippen LogP) is 7.63. The highest BCUT2D eigenvalue weighted by atomic mass is 19.1. The maximum Gasteiger partial charge on any atom is 0.337 e. The molecule has 1 N–H and O–H groups in total. The molecule has 2 aromatic carbocycles. The van der Waals surface area contributed by atoms with Crippen molar-refractivity contribution >= 4 is 11.7 Å². The Balaban J connectivity index is 1.53. The van der Waals surface area contributed by atoms with Crippen LogP contribution in [0.5, 0.6) is 5.75 Å². The van der Waals surface area contributed by atoms with E-state index in [9.17, 15) is 14.3 Å². The third-order valence-corrected chi connectivity index (χ3v) is 8.73. The van der Waals surface area contributed by atoms with Crippen molar-refractivity contribution in [1.29, 1.82) is 0 Å². The summed E-state index contributed by atoms with van der Waals surface area (Å²) in [5, 5.41) is 10.4. The van der Waals surface area contributed by atoms with Crippen molar-refractivity contribution < 1.29 is 28.5 Å². The van der Waals surface area contributed by atoms with Gasteiger partial charge >= 0.3 is 5.97 Å². The molecule has 0 saturated carbocycles. The molecular weight excluding hydrogens is 559 g/mol. The summed E-state index contributed by atoms with van der Waals surface area (Å²) in [6, 6.07) is 14.4. The number of pyridine rings is 1. The van der Waals surface area contributed by atoms with Crippen molar-refractivity contribution in [2.45, 2.75) is 85.0 Å². The molecule has 0 bridgehead atoms. The standard InChI is InChI=1S/C36H45FN2O5/c1-22-30(25-10-14-27(15-11-25)43-29-21-42-20-28(29)24-8-12-26(37)13-9-24)32(39-18-16-36(6,7)17-19-39)31(23(2)38-22)33(34(40)41)44-35(3,4)5/h8-15,28-29,33H,16-21H2,1-7H3,(H,40,41). The molecule has 3 unspecified atom stereocenters. The molecule has 0 aliphatic carbocycles. The molecule has 1 aromatic heterocycles. The van der Waals surface area contributed by atoms with Crippen LogP contribution in [0.3, 0.4) is 0 Å². The molecule has 2 aliphatic heterocycles. The molecular formula is C36H45FN2O5. The molecule has 2 aliphatic rings. The molecule has 7 nitrogen and oxygen atoms in total. The number of piperidine rings is 1. The highest BCUT2D eigenvalue weighted by Crippen LogP contribution is 2.45. The minimum Gasteiger partial charge on any atom is -0.487 e. The van der Waals surface area contributed by atoms with E-state index in [0.717, 1.165) is 54.0 Å². The fourth-order valence-electron chi connectivity index (χ4n) is 6.30. The van der Waals surface area contributed by atoms with Crippen molar-refractivity contribution in [1.82, 2.24) is 4.98 Å². The SMILES string of the molecule is Cc1nc(C)c(C(OC(C)(C)C)C(=O)O)c(N2CCC(C)(C)CC2)c1-c1ccc(OC2COCC2c2ccc(F)cc2)cc1. The van der Waals surface area contributed by atoms with Gasteiger partial charge in [-0.25, -0.2) is 9.18 Å². The van der Waals surface area contributed by atoms with Gasteiger partial charge in [0.05, 0.1) is 24.5 Å². The van der Waals surface area contributed by atoms with Crippen molar-refractivity contribution in [3.8, 4) is 16.9 Å². The quantitative estimate of drug-likeness (QED) is 0.283. The Bertz CT molecular complexity index is 1470. The molecule has 44 heavy (non-hydrogen) atoms. The number of aryl methyl sites for hydroxylation is 2. The van der Waals surface area contributed by atoms with Crippen LogP contribution in [0.1, 0.15) is 82.0 Å². The number of nitrogens with zero attached hydrogens (tertiary/aromatic N) is 2. The monoisotopic (exact) mass is 604 g/mol. The largest absolute Gasteiger partial charge is 0.487 e. The van der Waals surface area contributed by atoms with E-state index >= 15 is 0 Å². The number of aliphatic carboxylic acids is 1. The van der Waals surface area contributed by atoms with E-state index in [1.807, 2.05) is 58.9 Å². The maximum atomic E-state index is 13.5. The minimum absolute atomic E-state index is 0.00657. The molecule has 2 saturated heterocycles. The number of anilines is 1. The normalized spacial score (nSPS) is 20.9. The summed E-state index contributed by atoms with van der Waals surface area (Å²) in [5.74, 6) is -0.587. The Kier molecular flexibility index (Phi) is 9.06. The Hall–Kier alpha value is -3.49. The highest BCUT2D eigenvalue weighted by molar-refractivity contribution is 5.88. The lowest BCUT2D eigenvalue weighted by Crippen LogP contribution is -2.39. The zero-order valence-corrected chi connectivity index (χ0v) is 26.9. The van der Waals surface area contributed by atoms with Gasteiger partial charge in [0.2, 0.25) is 0 Å². The zero-order valence-electron chi connectivity index (χ0n) is 26.9. The lowest BCUT2D eigenvalue weighted by Gasteiger charge is -2.41. The van der Waals surface area contributed by atoms with Gasteiger partial charge in [0.25, 0.3) is 0 Å². The maximum absolute atomic E-state index is 13.5. The Morgan fingerprint density at radius 3 is 2.25 bits per heavy atom. The molecule has 2 fully saturated rings. The Morgan fingerprint density at radius 2 is 1.66 bits per heavy atom. The molecule has 0 radical (unpaired) electrons. The van der Waals surface area contributed by atoms with E-state index in [2.05, 4.69) is 18.7 Å². The Morgan fingerprint density at radius 1 is 1.02 bits per heavy atom. The number of hydrogen-bond donors (Lipinski definition) is 1. The van der Waals surface area contributed by atoms with E-state index in [1.165, 1.54) is 12.1 Å². The van der Waals surface area contributed by atoms with Crippen LogP contribution in [-0.4, -0.2) is 54.1 Å². The molecule has 236 valence electrons. The van der Waals surface area contributed by atoms with Gasteiger partial charge in [-0.3, -0.25) is 4.98 Å². The summed E-state index contributed by atoms with van der Waals surface area (Å²) in [4.78, 5) is 19.9. The summed E-state index contributed by atoms with van der Waals surface area (Å²) in [7, 11) is 0. The molecule has 3 atom stereocenters. The average Bonchev–Trinajstić information content (AvgIpc) is 3.40. The molecule has 5 rings (SSSR count). The number of aromatic nitrogens is 1. The highest BCUT2D eigenvalue weighted by Gasteiger charge is 2.37.